The van der Waals surface area contributed by atoms with Gasteiger partial charge in [0.25, 0.3) is 10.1 Å². The number of carbonyl (C=O) groups is 2. The van der Waals surface area contributed by atoms with Crippen molar-refractivity contribution < 1.29 is 37.5 Å². The second kappa shape index (κ2) is 24.5. The van der Waals surface area contributed by atoms with Crippen LogP contribution < -0.4 is 0 Å². The average molecular weight is 519 g/mol. The first-order valence-corrected chi connectivity index (χ1v) is 15.7. The minimum Gasteiger partial charge on any atom is -0.481 e. The van der Waals surface area contributed by atoms with E-state index >= 15 is 0 Å². The number of hydrogen-bond donors (Lipinski definition) is 3. The number of rotatable bonds is 22. The Kier molecular flexibility index (Phi) is 25.9. The number of ether oxygens (including phenoxy) is 1. The van der Waals surface area contributed by atoms with Crippen LogP contribution in [0, 0.1) is 0 Å². The molecule has 8 nitrogen and oxygen atoms in total. The molecule has 3 N–H and O–H groups in total. The maximum atomic E-state index is 10.2. The molecule has 0 aliphatic heterocycles. The smallest absolute Gasteiger partial charge is 0.325 e. The van der Waals surface area contributed by atoms with Gasteiger partial charge in [-0.25, -0.2) is 0 Å². The summed E-state index contributed by atoms with van der Waals surface area (Å²) >= 11 is 1.17. The van der Waals surface area contributed by atoms with E-state index in [0.29, 0.717) is 3.35 Å². The molecule has 0 saturated heterocycles. The molecule has 0 aliphatic rings. The third-order valence-corrected chi connectivity index (χ3v) is 6.86. The van der Waals surface area contributed by atoms with Crippen molar-refractivity contribution in [3.63, 3.8) is 0 Å². The topological polar surface area (TPSA) is 138 Å². The first-order chi connectivity index (χ1) is 16.0. The molecule has 0 heterocycles. The van der Waals surface area contributed by atoms with Gasteiger partial charge in [0.2, 0.25) is 0 Å². The van der Waals surface area contributed by atoms with E-state index in [4.69, 9.17) is 19.5 Å². The summed E-state index contributed by atoms with van der Waals surface area (Å²) in [6.07, 6.45) is 21.8. The number of carboxylic acids is 2. The van der Waals surface area contributed by atoms with Crippen molar-refractivity contribution in [2.75, 3.05) is 6.61 Å². The van der Waals surface area contributed by atoms with Gasteiger partial charge in [-0.05, 0) is 0 Å². The fourth-order valence-electron chi connectivity index (χ4n) is 3.45. The van der Waals surface area contributed by atoms with Crippen LogP contribution in [0.1, 0.15) is 123 Å². The van der Waals surface area contributed by atoms with E-state index in [-0.39, 0.29) is 0 Å². The van der Waals surface area contributed by atoms with Crippen molar-refractivity contribution in [2.45, 2.75) is 132 Å². The maximum Gasteiger partial charge on any atom is 0.325 e. The molecule has 0 fully saturated rings. The largest absolute Gasteiger partial charge is 0.481 e. The van der Waals surface area contributed by atoms with Gasteiger partial charge in [0.1, 0.15) is 0 Å². The molecule has 0 aromatic heterocycles. The molecule has 0 rings (SSSR count). The van der Waals surface area contributed by atoms with Gasteiger partial charge in [-0.2, -0.15) is 8.42 Å². The normalized spacial score (nSPS) is 13.1. The molecule has 0 aromatic carbocycles. The van der Waals surface area contributed by atoms with Crippen molar-refractivity contribution in [1.82, 2.24) is 0 Å². The van der Waals surface area contributed by atoms with E-state index in [9.17, 15) is 18.0 Å². The molecule has 0 amide bonds. The first kappa shape index (κ1) is 36.0. The van der Waals surface area contributed by atoms with Gasteiger partial charge < -0.3 is 10.2 Å². The van der Waals surface area contributed by atoms with E-state index in [0.717, 1.165) is 6.61 Å². The number of unbranched alkanes of at least 4 members (excludes halogenated alkanes) is 15. The Morgan fingerprint density at radius 2 is 1.12 bits per heavy atom. The summed E-state index contributed by atoms with van der Waals surface area (Å²) in [5.74, 6) is -3.50. The van der Waals surface area contributed by atoms with Crippen LogP contribution in [0.3, 0.4) is 0 Å². The van der Waals surface area contributed by atoms with E-state index in [1.165, 1.54) is 131 Å². The van der Waals surface area contributed by atoms with Crippen molar-refractivity contribution in [1.29, 1.82) is 0 Å². The predicted molar refractivity (Wildman–Crippen MR) is 136 cm³/mol. The van der Waals surface area contributed by atoms with Gasteiger partial charge in [0, 0.05) is 0 Å². The molecule has 198 valence electrons. The molecule has 34 heavy (non-hydrogen) atoms. The predicted octanol–water partition coefficient (Wildman–Crippen LogP) is 5.58. The summed E-state index contributed by atoms with van der Waals surface area (Å²) in [6.45, 7) is 5.46. The quantitative estimate of drug-likeness (QED) is 0.0959. The van der Waals surface area contributed by atoms with Crippen LogP contribution in [0.2, 0.25) is 0 Å². The summed E-state index contributed by atoms with van der Waals surface area (Å²) in [5, 5.41) is 13.9. The molecule has 0 aliphatic carbocycles. The number of hydrogen-bond acceptors (Lipinski definition) is 5. The summed E-state index contributed by atoms with van der Waals surface area (Å²) in [4.78, 5) is 20.0. The summed E-state index contributed by atoms with van der Waals surface area (Å²) < 4.78 is 34.8. The van der Waals surface area contributed by atoms with Crippen LogP contribution >= 0.6 is 0 Å². The van der Waals surface area contributed by atoms with Crippen LogP contribution in [0.25, 0.3) is 0 Å². The standard InChI is InChI=1S/C20H41O.C4H6O7S.Na/c1-3-5-6-7-8-9-10-11-12-13-14-15-16-17-18-19-20-21-4-2;5-3(6)1-2(4(7)8)12(9,10)11;/h4H,3,5-20H2,1-2H3;2H,1H2,(H,5,6)(H,7,8)(H,9,10,11);. The van der Waals surface area contributed by atoms with Gasteiger partial charge in [-0.3, -0.25) is 14.1 Å². The summed E-state index contributed by atoms with van der Waals surface area (Å²) in [6, 6.07) is 0. The van der Waals surface area contributed by atoms with Gasteiger partial charge >= 0.3 is 119 Å². The average Bonchev–Trinajstić information content (AvgIpc) is 2.73. The van der Waals surface area contributed by atoms with E-state index in [1.807, 2.05) is 0 Å². The molecule has 2 unspecified atom stereocenters. The number of carboxylic acid groups (broad SMARTS) is 2. The summed E-state index contributed by atoms with van der Waals surface area (Å²) in [7, 11) is -4.84. The zero-order chi connectivity index (χ0) is 26.2. The third-order valence-electron chi connectivity index (χ3n) is 5.44. The van der Waals surface area contributed by atoms with Gasteiger partial charge in [0.05, 0.1) is 6.42 Å². The van der Waals surface area contributed by atoms with E-state index in [2.05, 4.69) is 13.8 Å². The molecule has 10 heteroatoms. The minimum absolute atomic E-state index is 0.538. The van der Waals surface area contributed by atoms with Gasteiger partial charge in [-0.1, -0.05) is 51.9 Å². The molecule has 0 aromatic rings. The second-order valence-corrected chi connectivity index (χ2v) is 12.4. The van der Waals surface area contributed by atoms with Crippen LogP contribution in [0.15, 0.2) is 0 Å². The molecule has 2 atom stereocenters. The zero-order valence-corrected chi connectivity index (χ0v) is 24.5. The Bertz CT molecular complexity index is 596. The molecule has 0 radical (unpaired) electrons. The molecule has 0 saturated carbocycles. The molecular formula is C24H47NaO8S. The van der Waals surface area contributed by atoms with Crippen molar-refractivity contribution in [3.05, 3.63) is 0 Å². The Morgan fingerprint density at radius 3 is 1.35 bits per heavy atom. The Hall–Kier alpha value is -0.190. The van der Waals surface area contributed by atoms with Crippen molar-refractivity contribution >= 4 is 50.0 Å². The van der Waals surface area contributed by atoms with Crippen LogP contribution in [-0.4, -0.2) is 78.3 Å². The zero-order valence-electron chi connectivity index (χ0n) is 21.7. The SMILES string of the molecule is CCCCCCCCCCCCCCCCCCO[CH](C)[Na].O=C(O)CC(C(=O)O)S(=O)(=O)O. The molecule has 0 bridgehead atoms. The third kappa shape index (κ3) is 28.1. The van der Waals surface area contributed by atoms with Crippen LogP contribution in [0.5, 0.6) is 0 Å². The van der Waals surface area contributed by atoms with E-state index < -0.39 is 33.7 Å². The monoisotopic (exact) mass is 518 g/mol. The Morgan fingerprint density at radius 1 is 0.765 bits per heavy atom. The van der Waals surface area contributed by atoms with Gasteiger partial charge in [0.15, 0.2) is 5.25 Å². The maximum absolute atomic E-state index is 10.2. The van der Waals surface area contributed by atoms with Crippen molar-refractivity contribution in [3.8, 4) is 0 Å². The molecular weight excluding hydrogens is 471 g/mol. The van der Waals surface area contributed by atoms with Crippen LogP contribution in [-0.2, 0) is 24.4 Å². The van der Waals surface area contributed by atoms with Crippen LogP contribution in [0.4, 0.5) is 0 Å². The number of aliphatic carboxylic acids is 2. The molecule has 0 spiro atoms. The van der Waals surface area contributed by atoms with Gasteiger partial charge in [-0.15, -0.1) is 0 Å². The second-order valence-electron chi connectivity index (χ2n) is 9.16. The fourth-order valence-corrected chi connectivity index (χ4v) is 4.29. The summed E-state index contributed by atoms with van der Waals surface area (Å²) in [5.41, 5.74) is 0. The minimum atomic E-state index is -4.84. The van der Waals surface area contributed by atoms with E-state index in [1.54, 1.807) is 0 Å². The first-order valence-electron chi connectivity index (χ1n) is 13.0. The fraction of sp³-hybridized carbons (Fsp3) is 0.917. The van der Waals surface area contributed by atoms with Crippen molar-refractivity contribution in [2.24, 2.45) is 0 Å². The Labute approximate surface area is 224 Å². The Balaban J connectivity index is 0.